The third-order valence-electron chi connectivity index (χ3n) is 4.89. The van der Waals surface area contributed by atoms with Crippen LogP contribution in [0.4, 0.5) is 5.69 Å². The summed E-state index contributed by atoms with van der Waals surface area (Å²) < 4.78 is 0. The molecule has 2 bridgehead atoms. The average molecular weight is 317 g/mol. The first kappa shape index (κ1) is 13.5. The van der Waals surface area contributed by atoms with E-state index >= 15 is 0 Å². The van der Waals surface area contributed by atoms with Gasteiger partial charge in [0.05, 0.1) is 28.5 Å². The molecule has 1 aromatic rings. The first-order valence-corrected chi connectivity index (χ1v) is 7.44. The lowest BCUT2D eigenvalue weighted by Gasteiger charge is -2.19. The first-order valence-electron chi connectivity index (χ1n) is 7.06. The van der Waals surface area contributed by atoms with E-state index in [4.69, 9.17) is 11.6 Å². The molecule has 0 aromatic heterocycles. The molecule has 4 rings (SSSR count). The molecule has 2 aliphatic carbocycles. The second-order valence-electron chi connectivity index (χ2n) is 5.97. The van der Waals surface area contributed by atoms with E-state index in [-0.39, 0.29) is 51.8 Å². The van der Waals surface area contributed by atoms with Crippen LogP contribution in [0.25, 0.3) is 0 Å². The number of benzene rings is 1. The van der Waals surface area contributed by atoms with Gasteiger partial charge in [0, 0.05) is 0 Å². The van der Waals surface area contributed by atoms with E-state index in [1.54, 1.807) is 0 Å². The maximum Gasteiger partial charge on any atom is 0.238 e. The Kier molecular flexibility index (Phi) is 2.72. The minimum absolute atomic E-state index is 0.0968. The fraction of sp³-hybridized carbons (Fsp3) is 0.312. The minimum atomic E-state index is -1.38. The third kappa shape index (κ3) is 1.63. The summed E-state index contributed by atoms with van der Waals surface area (Å²) in [5.74, 6) is -2.44. The van der Waals surface area contributed by atoms with Gasteiger partial charge >= 0.3 is 0 Å². The fourth-order valence-electron chi connectivity index (χ4n) is 3.95. The highest BCUT2D eigenvalue weighted by atomic mass is 35.5. The highest BCUT2D eigenvalue weighted by Gasteiger charge is 2.59. The van der Waals surface area contributed by atoms with Crippen molar-refractivity contribution < 1.29 is 19.5 Å². The summed E-state index contributed by atoms with van der Waals surface area (Å²) >= 11 is 6.08. The zero-order valence-electron chi connectivity index (χ0n) is 11.4. The molecule has 6 heteroatoms. The maximum atomic E-state index is 12.7. The lowest BCUT2D eigenvalue weighted by molar-refractivity contribution is -0.255. The van der Waals surface area contributed by atoms with Crippen molar-refractivity contribution in [3.63, 3.8) is 0 Å². The molecule has 1 saturated heterocycles. The number of allylic oxidation sites excluding steroid dienone is 2. The SMILES string of the molecule is O=C([O-])c1ccc(Cl)c(N2C(=O)[C@@H]3[C@@H](C2=O)[C@H]2C=C[C@H]3C2)c1. The molecule has 0 radical (unpaired) electrons. The Morgan fingerprint density at radius 1 is 1.14 bits per heavy atom. The van der Waals surface area contributed by atoms with E-state index in [1.807, 2.05) is 12.2 Å². The largest absolute Gasteiger partial charge is 0.545 e. The number of carbonyl (C=O) groups is 3. The first-order chi connectivity index (χ1) is 10.5. The fourth-order valence-corrected chi connectivity index (χ4v) is 4.15. The van der Waals surface area contributed by atoms with Crippen molar-refractivity contribution in [2.45, 2.75) is 6.42 Å². The van der Waals surface area contributed by atoms with Crippen molar-refractivity contribution in [3.8, 4) is 0 Å². The van der Waals surface area contributed by atoms with Gasteiger partial charge in [-0.3, -0.25) is 9.59 Å². The standard InChI is InChI=1S/C16H12ClNO4/c17-10-4-3-9(16(21)22)6-11(10)18-14(19)12-7-1-2-8(5-7)13(12)15(18)20/h1-4,6-8,12-13H,5H2,(H,21,22)/p-1/t7-,8-,12-,13-/m0/s1. The third-order valence-corrected chi connectivity index (χ3v) is 5.21. The number of nitrogens with zero attached hydrogens (tertiary/aromatic N) is 1. The van der Waals surface area contributed by atoms with Crippen LogP contribution in [0.3, 0.4) is 0 Å². The molecule has 5 nitrogen and oxygen atoms in total. The van der Waals surface area contributed by atoms with Gasteiger partial charge in [0.2, 0.25) is 11.8 Å². The van der Waals surface area contributed by atoms with E-state index in [1.165, 1.54) is 18.2 Å². The lowest BCUT2D eigenvalue weighted by atomic mass is 9.85. The second kappa shape index (κ2) is 4.43. The summed E-state index contributed by atoms with van der Waals surface area (Å²) in [7, 11) is 0. The predicted octanol–water partition coefficient (Wildman–Crippen LogP) is 1.01. The number of imide groups is 1. The molecule has 2 fully saturated rings. The Labute approximate surface area is 131 Å². The van der Waals surface area contributed by atoms with Crippen molar-refractivity contribution in [2.24, 2.45) is 23.7 Å². The summed E-state index contributed by atoms with van der Waals surface area (Å²) in [6.07, 6.45) is 4.84. The van der Waals surface area contributed by atoms with E-state index in [0.29, 0.717) is 0 Å². The van der Waals surface area contributed by atoms with Gasteiger partial charge in [-0.25, -0.2) is 4.90 Å². The molecular weight excluding hydrogens is 306 g/mol. The summed E-state index contributed by atoms with van der Waals surface area (Å²) in [5.41, 5.74) is 0.0188. The molecule has 2 amide bonds. The van der Waals surface area contributed by atoms with Gasteiger partial charge in [0.15, 0.2) is 0 Å². The van der Waals surface area contributed by atoms with Crippen molar-refractivity contribution in [1.82, 2.24) is 0 Å². The molecule has 112 valence electrons. The summed E-state index contributed by atoms with van der Waals surface area (Å²) in [6.45, 7) is 0. The van der Waals surface area contributed by atoms with Gasteiger partial charge in [0.25, 0.3) is 0 Å². The highest BCUT2D eigenvalue weighted by molar-refractivity contribution is 6.36. The van der Waals surface area contributed by atoms with Gasteiger partial charge in [0.1, 0.15) is 0 Å². The Morgan fingerprint density at radius 2 is 1.73 bits per heavy atom. The monoisotopic (exact) mass is 316 g/mol. The van der Waals surface area contributed by atoms with Gasteiger partial charge in [-0.1, -0.05) is 29.8 Å². The lowest BCUT2D eigenvalue weighted by Crippen LogP contribution is -2.33. The van der Waals surface area contributed by atoms with Crippen molar-refractivity contribution in [2.75, 3.05) is 4.90 Å². The number of rotatable bonds is 2. The number of carboxylic acid groups (broad SMARTS) is 1. The van der Waals surface area contributed by atoms with Crippen LogP contribution < -0.4 is 10.0 Å². The summed E-state index contributed by atoms with van der Waals surface area (Å²) in [5, 5.41) is 11.2. The van der Waals surface area contributed by atoms with Crippen LogP contribution in [0.2, 0.25) is 5.02 Å². The number of amides is 2. The number of anilines is 1. The number of aromatic carboxylic acids is 1. The van der Waals surface area contributed by atoms with Crippen LogP contribution in [0.5, 0.6) is 0 Å². The van der Waals surface area contributed by atoms with E-state index in [2.05, 4.69) is 0 Å². The average Bonchev–Trinajstić information content (AvgIpc) is 3.14. The topological polar surface area (TPSA) is 77.5 Å². The van der Waals surface area contributed by atoms with Crippen molar-refractivity contribution in [1.29, 1.82) is 0 Å². The van der Waals surface area contributed by atoms with Gasteiger partial charge in [-0.2, -0.15) is 0 Å². The molecule has 0 spiro atoms. The van der Waals surface area contributed by atoms with Crippen LogP contribution in [0, 0.1) is 23.7 Å². The molecule has 3 aliphatic rings. The molecular formula is C16H11ClNO4-. The number of halogens is 1. The smallest absolute Gasteiger partial charge is 0.238 e. The Morgan fingerprint density at radius 3 is 2.27 bits per heavy atom. The molecule has 1 aliphatic heterocycles. The Hall–Kier alpha value is -2.14. The van der Waals surface area contributed by atoms with Crippen molar-refractivity contribution in [3.05, 3.63) is 40.9 Å². The van der Waals surface area contributed by atoms with E-state index in [0.717, 1.165) is 11.3 Å². The van der Waals surface area contributed by atoms with E-state index in [9.17, 15) is 19.5 Å². The predicted molar refractivity (Wildman–Crippen MR) is 76.0 cm³/mol. The summed E-state index contributed by atoms with van der Waals surface area (Å²) in [6, 6.07) is 3.88. The Bertz CT molecular complexity index is 727. The number of hydrogen-bond donors (Lipinski definition) is 0. The van der Waals surface area contributed by atoms with Crippen LogP contribution in [-0.4, -0.2) is 17.8 Å². The van der Waals surface area contributed by atoms with Crippen LogP contribution in [0.1, 0.15) is 16.8 Å². The number of carbonyl (C=O) groups excluding carboxylic acids is 3. The molecule has 0 N–H and O–H groups in total. The van der Waals surface area contributed by atoms with Gasteiger partial charge in [-0.05, 0) is 36.0 Å². The zero-order chi connectivity index (χ0) is 15.6. The van der Waals surface area contributed by atoms with Crippen LogP contribution >= 0.6 is 11.6 Å². The number of carboxylic acids is 1. The van der Waals surface area contributed by atoms with Gasteiger partial charge < -0.3 is 9.90 Å². The van der Waals surface area contributed by atoms with Crippen LogP contribution in [0.15, 0.2) is 30.4 Å². The van der Waals surface area contributed by atoms with Crippen molar-refractivity contribution >= 4 is 35.1 Å². The molecule has 0 unspecified atom stereocenters. The Balaban J connectivity index is 1.79. The number of hydrogen-bond acceptors (Lipinski definition) is 4. The molecule has 1 heterocycles. The quantitative estimate of drug-likeness (QED) is 0.603. The normalized spacial score (nSPS) is 32.0. The van der Waals surface area contributed by atoms with E-state index < -0.39 is 5.97 Å². The van der Waals surface area contributed by atoms with Crippen LogP contribution in [-0.2, 0) is 9.59 Å². The van der Waals surface area contributed by atoms with Gasteiger partial charge in [-0.15, -0.1) is 0 Å². The molecule has 22 heavy (non-hydrogen) atoms. The molecule has 4 atom stereocenters. The maximum absolute atomic E-state index is 12.7. The number of fused-ring (bicyclic) bond motifs is 5. The molecule has 1 saturated carbocycles. The zero-order valence-corrected chi connectivity index (χ0v) is 12.1. The molecule has 1 aromatic carbocycles. The summed E-state index contributed by atoms with van der Waals surface area (Å²) in [4.78, 5) is 37.4. The highest BCUT2D eigenvalue weighted by Crippen LogP contribution is 2.53. The second-order valence-corrected chi connectivity index (χ2v) is 6.37. The minimum Gasteiger partial charge on any atom is -0.545 e.